The van der Waals surface area contributed by atoms with Crippen LogP contribution in [0.3, 0.4) is 0 Å². The van der Waals surface area contributed by atoms with Crippen molar-refractivity contribution in [1.29, 1.82) is 0 Å². The van der Waals surface area contributed by atoms with Gasteiger partial charge in [-0.05, 0) is 50.3 Å². The molecule has 2 amide bonds. The first-order chi connectivity index (χ1) is 14.5. The van der Waals surface area contributed by atoms with Crippen molar-refractivity contribution in [3.63, 3.8) is 0 Å². The third-order valence-corrected chi connectivity index (χ3v) is 7.24. The molecule has 0 unspecified atom stereocenters. The molecule has 1 aromatic carbocycles. The fourth-order valence-corrected chi connectivity index (χ4v) is 5.41. The number of carbonyl (C=O) groups is 2. The summed E-state index contributed by atoms with van der Waals surface area (Å²) in [5.41, 5.74) is 1.28. The molecule has 0 radical (unpaired) electrons. The molecular weight excluding hydrogens is 401 g/mol. The molecule has 2 fully saturated rings. The van der Waals surface area contributed by atoms with Gasteiger partial charge in [-0.3, -0.25) is 9.59 Å². The fourth-order valence-electron chi connectivity index (χ4n) is 4.44. The lowest BCUT2D eigenvalue weighted by Gasteiger charge is -2.34. The highest BCUT2D eigenvalue weighted by Gasteiger charge is 2.30. The van der Waals surface area contributed by atoms with Crippen molar-refractivity contribution in [2.24, 2.45) is 5.92 Å². The summed E-state index contributed by atoms with van der Waals surface area (Å²) in [4.78, 5) is 31.8. The third kappa shape index (κ3) is 4.72. The number of rotatable bonds is 4. The van der Waals surface area contributed by atoms with Gasteiger partial charge in [-0.15, -0.1) is 11.3 Å². The summed E-state index contributed by atoms with van der Waals surface area (Å²) in [7, 11) is 0. The SMILES string of the molecule is Cc1ccc(NC(=O)c2csc(C3CCN(C(=O)C4CCCCC4)CC3)n2)c(F)c1. The van der Waals surface area contributed by atoms with Crippen LogP contribution in [0.5, 0.6) is 0 Å². The number of halogens is 1. The molecule has 2 aliphatic rings. The zero-order valence-corrected chi connectivity index (χ0v) is 18.1. The predicted molar refractivity (Wildman–Crippen MR) is 116 cm³/mol. The molecule has 1 saturated heterocycles. The number of benzene rings is 1. The van der Waals surface area contributed by atoms with Crippen LogP contribution in [0, 0.1) is 18.7 Å². The van der Waals surface area contributed by atoms with Crippen molar-refractivity contribution in [2.45, 2.75) is 57.8 Å². The number of anilines is 1. The van der Waals surface area contributed by atoms with Crippen LogP contribution in [0.1, 0.15) is 71.9 Å². The Morgan fingerprint density at radius 1 is 1.13 bits per heavy atom. The largest absolute Gasteiger partial charge is 0.342 e. The number of likely N-dealkylation sites (tertiary alicyclic amines) is 1. The van der Waals surface area contributed by atoms with Gasteiger partial charge in [0.1, 0.15) is 11.5 Å². The van der Waals surface area contributed by atoms with Crippen molar-refractivity contribution in [3.8, 4) is 0 Å². The summed E-state index contributed by atoms with van der Waals surface area (Å²) in [5, 5.41) is 5.26. The summed E-state index contributed by atoms with van der Waals surface area (Å²) in [6.45, 7) is 3.32. The van der Waals surface area contributed by atoms with Crippen LogP contribution in [-0.4, -0.2) is 34.8 Å². The predicted octanol–water partition coefficient (Wildman–Crippen LogP) is 5.13. The Balaban J connectivity index is 1.33. The molecule has 1 saturated carbocycles. The number of aryl methyl sites for hydroxylation is 1. The minimum atomic E-state index is -0.450. The maximum Gasteiger partial charge on any atom is 0.275 e. The van der Waals surface area contributed by atoms with E-state index in [4.69, 9.17) is 0 Å². The Labute approximate surface area is 180 Å². The molecule has 5 nitrogen and oxygen atoms in total. The monoisotopic (exact) mass is 429 g/mol. The molecule has 0 bridgehead atoms. The van der Waals surface area contributed by atoms with Gasteiger partial charge in [0.05, 0.1) is 10.7 Å². The second-order valence-electron chi connectivity index (χ2n) is 8.44. The molecule has 7 heteroatoms. The minimum Gasteiger partial charge on any atom is -0.342 e. The van der Waals surface area contributed by atoms with E-state index in [1.165, 1.54) is 36.7 Å². The van der Waals surface area contributed by atoms with Gasteiger partial charge in [0.15, 0.2) is 0 Å². The van der Waals surface area contributed by atoms with Crippen LogP contribution in [0.15, 0.2) is 23.6 Å². The van der Waals surface area contributed by atoms with Crippen LogP contribution < -0.4 is 5.32 Å². The molecular formula is C23H28FN3O2S. The Hall–Kier alpha value is -2.28. The maximum atomic E-state index is 14.0. The highest BCUT2D eigenvalue weighted by molar-refractivity contribution is 7.10. The summed E-state index contributed by atoms with van der Waals surface area (Å²) in [5.74, 6) is -0.0397. The van der Waals surface area contributed by atoms with E-state index in [1.807, 2.05) is 4.90 Å². The Kier molecular flexibility index (Phi) is 6.46. The molecule has 1 aromatic heterocycles. The Morgan fingerprint density at radius 2 is 1.87 bits per heavy atom. The molecule has 1 aliphatic carbocycles. The molecule has 4 rings (SSSR count). The van der Waals surface area contributed by atoms with Crippen molar-refractivity contribution < 1.29 is 14.0 Å². The first kappa shape index (κ1) is 21.0. The van der Waals surface area contributed by atoms with Crippen molar-refractivity contribution >= 4 is 28.8 Å². The van der Waals surface area contributed by atoms with Crippen molar-refractivity contribution in [1.82, 2.24) is 9.88 Å². The number of aromatic nitrogens is 1. The molecule has 2 aromatic rings. The van der Waals surface area contributed by atoms with E-state index in [0.717, 1.165) is 49.3 Å². The third-order valence-electron chi connectivity index (χ3n) is 6.24. The lowest BCUT2D eigenvalue weighted by molar-refractivity contribution is -0.137. The molecule has 0 spiro atoms. The number of piperidine rings is 1. The number of amides is 2. The van der Waals surface area contributed by atoms with Gasteiger partial charge in [0.25, 0.3) is 5.91 Å². The van der Waals surface area contributed by atoms with E-state index >= 15 is 0 Å². The van der Waals surface area contributed by atoms with E-state index in [9.17, 15) is 14.0 Å². The summed E-state index contributed by atoms with van der Waals surface area (Å²) in [6.07, 6.45) is 7.41. The fraction of sp³-hybridized carbons (Fsp3) is 0.522. The lowest BCUT2D eigenvalue weighted by Crippen LogP contribution is -2.41. The van der Waals surface area contributed by atoms with E-state index in [2.05, 4.69) is 10.3 Å². The number of thiazole rings is 1. The van der Waals surface area contributed by atoms with E-state index in [1.54, 1.807) is 24.4 Å². The number of carbonyl (C=O) groups excluding carboxylic acids is 2. The lowest BCUT2D eigenvalue weighted by atomic mass is 9.87. The first-order valence-corrected chi connectivity index (χ1v) is 11.7. The van der Waals surface area contributed by atoms with Crippen LogP contribution >= 0.6 is 11.3 Å². The van der Waals surface area contributed by atoms with Crippen LogP contribution in [0.25, 0.3) is 0 Å². The van der Waals surface area contributed by atoms with Gasteiger partial charge in [0, 0.05) is 30.3 Å². The highest BCUT2D eigenvalue weighted by atomic mass is 32.1. The van der Waals surface area contributed by atoms with Gasteiger partial charge in [-0.25, -0.2) is 9.37 Å². The molecule has 1 N–H and O–H groups in total. The molecule has 1 aliphatic heterocycles. The molecule has 160 valence electrons. The summed E-state index contributed by atoms with van der Waals surface area (Å²) >= 11 is 1.47. The van der Waals surface area contributed by atoms with E-state index in [0.29, 0.717) is 11.6 Å². The van der Waals surface area contributed by atoms with Gasteiger partial charge in [-0.2, -0.15) is 0 Å². The van der Waals surface area contributed by atoms with Crippen LogP contribution in [0.4, 0.5) is 10.1 Å². The van der Waals surface area contributed by atoms with Crippen LogP contribution in [-0.2, 0) is 4.79 Å². The maximum absolute atomic E-state index is 14.0. The average molecular weight is 430 g/mol. The number of hydrogen-bond acceptors (Lipinski definition) is 4. The smallest absolute Gasteiger partial charge is 0.275 e. The average Bonchev–Trinajstić information content (AvgIpc) is 3.26. The number of nitrogens with one attached hydrogen (secondary N) is 1. The summed E-state index contributed by atoms with van der Waals surface area (Å²) < 4.78 is 14.0. The second kappa shape index (κ2) is 9.25. The van der Waals surface area contributed by atoms with Crippen LogP contribution in [0.2, 0.25) is 0 Å². The normalized spacial score (nSPS) is 18.4. The topological polar surface area (TPSA) is 62.3 Å². The Bertz CT molecular complexity index is 915. The zero-order valence-electron chi connectivity index (χ0n) is 17.3. The molecule has 0 atom stereocenters. The standard InChI is InChI=1S/C23H28FN3O2S/c1-15-7-8-19(18(24)13-15)25-21(28)20-14-30-22(26-20)16-9-11-27(12-10-16)23(29)17-5-3-2-4-6-17/h7-8,13-14,16-17H,2-6,9-12H2,1H3,(H,25,28). The highest BCUT2D eigenvalue weighted by Crippen LogP contribution is 2.33. The minimum absolute atomic E-state index is 0.162. The second-order valence-corrected chi connectivity index (χ2v) is 9.33. The Morgan fingerprint density at radius 3 is 2.57 bits per heavy atom. The van der Waals surface area contributed by atoms with E-state index < -0.39 is 11.7 Å². The number of hydrogen-bond donors (Lipinski definition) is 1. The van der Waals surface area contributed by atoms with Gasteiger partial charge < -0.3 is 10.2 Å². The van der Waals surface area contributed by atoms with Gasteiger partial charge in [-0.1, -0.05) is 25.3 Å². The quantitative estimate of drug-likeness (QED) is 0.733. The first-order valence-electron chi connectivity index (χ1n) is 10.8. The molecule has 2 heterocycles. The molecule has 30 heavy (non-hydrogen) atoms. The van der Waals surface area contributed by atoms with Gasteiger partial charge in [0.2, 0.25) is 5.91 Å². The zero-order chi connectivity index (χ0) is 21.1. The van der Waals surface area contributed by atoms with Crippen molar-refractivity contribution in [2.75, 3.05) is 18.4 Å². The van der Waals surface area contributed by atoms with Crippen molar-refractivity contribution in [3.05, 3.63) is 45.7 Å². The number of nitrogens with zero attached hydrogens (tertiary/aromatic N) is 2. The van der Waals surface area contributed by atoms with E-state index in [-0.39, 0.29) is 17.5 Å². The van der Waals surface area contributed by atoms with Gasteiger partial charge >= 0.3 is 0 Å². The summed E-state index contributed by atoms with van der Waals surface area (Å²) in [6, 6.07) is 4.72.